The minimum atomic E-state index is -0.543. The van der Waals surface area contributed by atoms with Gasteiger partial charge in [-0.15, -0.1) is 5.10 Å². The lowest BCUT2D eigenvalue weighted by molar-refractivity contribution is 0.226. The number of allylic oxidation sites excluding steroid dienone is 1. The summed E-state index contributed by atoms with van der Waals surface area (Å²) in [6.07, 6.45) is 3.95. The largest absolute Gasteiger partial charge is 0.482 e. The number of hydrogen-bond acceptors (Lipinski definition) is 7. The number of ether oxygens (including phenoxy) is 2. The third-order valence-corrected chi connectivity index (χ3v) is 6.48. The van der Waals surface area contributed by atoms with Crippen LogP contribution in [-0.2, 0) is 6.42 Å². The van der Waals surface area contributed by atoms with Crippen LogP contribution in [0.2, 0.25) is 0 Å². The van der Waals surface area contributed by atoms with Crippen molar-refractivity contribution in [1.29, 1.82) is 5.41 Å². The Kier molecular flexibility index (Phi) is 5.92. The number of halogens is 1. The van der Waals surface area contributed by atoms with Gasteiger partial charge in [-0.05, 0) is 56.9 Å². The zero-order valence-electron chi connectivity index (χ0n) is 20.1. The normalized spacial score (nSPS) is 19.5. The van der Waals surface area contributed by atoms with Crippen molar-refractivity contribution < 1.29 is 13.9 Å². The van der Waals surface area contributed by atoms with Gasteiger partial charge in [0.1, 0.15) is 11.9 Å². The molecule has 8 nitrogen and oxygen atoms in total. The van der Waals surface area contributed by atoms with Crippen molar-refractivity contribution in [3.63, 3.8) is 0 Å². The van der Waals surface area contributed by atoms with Gasteiger partial charge >= 0.3 is 0 Å². The second-order valence-corrected chi connectivity index (χ2v) is 9.14. The monoisotopic (exact) mass is 476 g/mol. The van der Waals surface area contributed by atoms with Gasteiger partial charge in [-0.25, -0.2) is 14.1 Å². The number of methoxy groups -OCH3 is 1. The molecule has 1 aliphatic carbocycles. The highest BCUT2D eigenvalue weighted by molar-refractivity contribution is 6.03. The van der Waals surface area contributed by atoms with Crippen molar-refractivity contribution >= 4 is 17.2 Å². The Bertz CT molecular complexity index is 1330. The molecule has 1 saturated carbocycles. The molecular formula is C26H29FN6O2. The highest BCUT2D eigenvalue weighted by Crippen LogP contribution is 2.35. The minimum Gasteiger partial charge on any atom is -0.482 e. The van der Waals surface area contributed by atoms with Crippen molar-refractivity contribution in [2.45, 2.75) is 39.2 Å². The number of pyridine rings is 1. The summed E-state index contributed by atoms with van der Waals surface area (Å²) in [5.74, 6) is 1.32. The Balaban J connectivity index is 1.76. The Morgan fingerprint density at radius 2 is 2.11 bits per heavy atom. The van der Waals surface area contributed by atoms with Crippen molar-refractivity contribution in [2.24, 2.45) is 5.92 Å². The van der Waals surface area contributed by atoms with Crippen LogP contribution in [0.1, 0.15) is 49.6 Å². The molecule has 0 saturated heterocycles. The maximum Gasteiger partial charge on any atom is 0.233 e. The minimum absolute atomic E-state index is 0.242. The Morgan fingerprint density at radius 1 is 1.31 bits per heavy atom. The first-order valence-electron chi connectivity index (χ1n) is 11.7. The number of nitrogens with zero attached hydrogens (tertiary/aromatic N) is 3. The average Bonchev–Trinajstić information content (AvgIpc) is 3.57. The van der Waals surface area contributed by atoms with Crippen LogP contribution in [0.25, 0.3) is 11.4 Å². The van der Waals surface area contributed by atoms with Crippen LogP contribution in [0.5, 0.6) is 11.6 Å². The van der Waals surface area contributed by atoms with Gasteiger partial charge in [0.25, 0.3) is 0 Å². The van der Waals surface area contributed by atoms with E-state index in [1.54, 1.807) is 31.0 Å². The van der Waals surface area contributed by atoms with Crippen molar-refractivity contribution in [1.82, 2.24) is 20.1 Å². The maximum atomic E-state index is 14.4. The molecule has 3 heterocycles. The van der Waals surface area contributed by atoms with Gasteiger partial charge in [0.05, 0.1) is 18.5 Å². The molecule has 5 rings (SSSR count). The SMILES string of the molecule is COc1cc2n(n1)-c1ccc(F)cc1C(C)Oc1cc(cnc1N)/C(NCC1CC1)=C(/C(C)=N)C2. The van der Waals surface area contributed by atoms with Gasteiger partial charge in [-0.2, -0.15) is 0 Å². The quantitative estimate of drug-likeness (QED) is 0.470. The fourth-order valence-electron chi connectivity index (χ4n) is 4.35. The molecule has 1 fully saturated rings. The fourth-order valence-corrected chi connectivity index (χ4v) is 4.35. The Labute approximate surface area is 203 Å². The third kappa shape index (κ3) is 4.58. The second kappa shape index (κ2) is 9.05. The predicted molar refractivity (Wildman–Crippen MR) is 133 cm³/mol. The van der Waals surface area contributed by atoms with Crippen LogP contribution in [-0.4, -0.2) is 34.1 Å². The van der Waals surface area contributed by atoms with E-state index in [2.05, 4.69) is 15.4 Å². The number of aromatic nitrogens is 3. The summed E-state index contributed by atoms with van der Waals surface area (Å²) in [7, 11) is 1.56. The van der Waals surface area contributed by atoms with E-state index in [0.717, 1.165) is 29.1 Å². The van der Waals surface area contributed by atoms with Crippen molar-refractivity contribution in [2.75, 3.05) is 19.4 Å². The summed E-state index contributed by atoms with van der Waals surface area (Å²) in [6, 6.07) is 8.21. The molecule has 1 atom stereocenters. The first kappa shape index (κ1) is 22.9. The highest BCUT2D eigenvalue weighted by Gasteiger charge is 2.26. The lowest BCUT2D eigenvalue weighted by Crippen LogP contribution is -2.22. The molecule has 0 amide bonds. The standard InChI is InChI=1S/C26H29FN6O2/c1-14(28)20-10-19-11-24(34-3)32-33(19)22-7-6-18(27)9-21(22)15(2)35-23-8-17(13-31-26(23)29)25(20)30-12-16-4-5-16/h6-9,11,13,15-16,28,30H,4-5,10,12H2,1-3H3,(H2,29,31)/b25-20-,28-14?. The molecule has 3 aromatic rings. The first-order valence-corrected chi connectivity index (χ1v) is 11.7. The van der Waals surface area contributed by atoms with E-state index in [0.29, 0.717) is 40.9 Å². The number of hydrogen-bond donors (Lipinski definition) is 3. The zero-order chi connectivity index (χ0) is 24.7. The molecule has 0 radical (unpaired) electrons. The Hall–Kier alpha value is -3.88. The molecule has 2 aromatic heterocycles. The van der Waals surface area contributed by atoms with Crippen LogP contribution in [0.15, 0.2) is 42.1 Å². The number of benzene rings is 1. The van der Waals surface area contributed by atoms with E-state index < -0.39 is 6.10 Å². The average molecular weight is 477 g/mol. The van der Waals surface area contributed by atoms with E-state index in [1.165, 1.54) is 25.0 Å². The molecule has 2 aliphatic rings. The maximum absolute atomic E-state index is 14.4. The molecule has 182 valence electrons. The number of fused-ring (bicyclic) bond motifs is 5. The number of nitrogens with one attached hydrogen (secondary N) is 2. The molecule has 35 heavy (non-hydrogen) atoms. The summed E-state index contributed by atoms with van der Waals surface area (Å²) in [6.45, 7) is 4.42. The van der Waals surface area contributed by atoms with E-state index in [9.17, 15) is 4.39 Å². The van der Waals surface area contributed by atoms with Crippen molar-refractivity contribution in [3.8, 4) is 17.3 Å². The molecule has 0 spiro atoms. The lowest BCUT2D eigenvalue weighted by Gasteiger charge is -2.23. The van der Waals surface area contributed by atoms with E-state index >= 15 is 0 Å². The number of rotatable bonds is 5. The summed E-state index contributed by atoms with van der Waals surface area (Å²) in [4.78, 5) is 4.38. The number of nitrogen functional groups attached to an aromatic ring is 1. The van der Waals surface area contributed by atoms with E-state index in [1.807, 2.05) is 19.1 Å². The van der Waals surface area contributed by atoms with Gasteiger partial charge < -0.3 is 25.9 Å². The van der Waals surface area contributed by atoms with Gasteiger partial charge in [0, 0.05) is 53.3 Å². The Morgan fingerprint density at radius 3 is 2.83 bits per heavy atom. The summed E-state index contributed by atoms with van der Waals surface area (Å²) in [5.41, 5.74) is 11.1. The summed E-state index contributed by atoms with van der Waals surface area (Å²) in [5, 5.41) is 16.8. The predicted octanol–water partition coefficient (Wildman–Crippen LogP) is 4.44. The molecule has 1 aliphatic heterocycles. The number of nitrogens with two attached hydrogens (primary N) is 1. The van der Waals surface area contributed by atoms with Crippen LogP contribution in [0.4, 0.5) is 10.2 Å². The smallest absolute Gasteiger partial charge is 0.233 e. The summed E-state index contributed by atoms with van der Waals surface area (Å²) < 4.78 is 27.8. The third-order valence-electron chi connectivity index (χ3n) is 6.48. The van der Waals surface area contributed by atoms with E-state index in [-0.39, 0.29) is 11.6 Å². The van der Waals surface area contributed by atoms with Crippen LogP contribution >= 0.6 is 0 Å². The van der Waals surface area contributed by atoms with Crippen LogP contribution < -0.4 is 20.5 Å². The van der Waals surface area contributed by atoms with E-state index in [4.69, 9.17) is 20.6 Å². The van der Waals surface area contributed by atoms with Crippen LogP contribution in [0, 0.1) is 17.1 Å². The molecule has 4 N–H and O–H groups in total. The molecule has 2 bridgehead atoms. The second-order valence-electron chi connectivity index (χ2n) is 9.14. The van der Waals surface area contributed by atoms with Gasteiger partial charge in [-0.3, -0.25) is 0 Å². The molecule has 1 unspecified atom stereocenters. The fraction of sp³-hybridized carbons (Fsp3) is 0.346. The molecular weight excluding hydrogens is 447 g/mol. The topological polar surface area (TPSA) is 111 Å². The van der Waals surface area contributed by atoms with Gasteiger partial charge in [0.15, 0.2) is 11.6 Å². The van der Waals surface area contributed by atoms with Crippen LogP contribution in [0.3, 0.4) is 0 Å². The number of anilines is 1. The zero-order valence-corrected chi connectivity index (χ0v) is 20.1. The van der Waals surface area contributed by atoms with Gasteiger partial charge in [-0.1, -0.05) is 0 Å². The summed E-state index contributed by atoms with van der Waals surface area (Å²) >= 11 is 0. The molecule has 9 heteroatoms. The first-order chi connectivity index (χ1) is 16.8. The van der Waals surface area contributed by atoms with Gasteiger partial charge in [0.2, 0.25) is 5.88 Å². The van der Waals surface area contributed by atoms with Crippen molar-refractivity contribution in [3.05, 3.63) is 64.7 Å². The molecule has 1 aromatic carbocycles. The lowest BCUT2D eigenvalue weighted by atomic mass is 9.98. The highest BCUT2D eigenvalue weighted by atomic mass is 19.1.